The minimum Gasteiger partial charge on any atom is -0.481 e. The average Bonchev–Trinajstić information content (AvgIpc) is 2.94. The normalized spacial score (nSPS) is 27.1. The molecule has 0 aromatic heterocycles. The average molecular weight is 268 g/mol. The summed E-state index contributed by atoms with van der Waals surface area (Å²) < 4.78 is 0. The summed E-state index contributed by atoms with van der Waals surface area (Å²) in [5, 5.41) is 8.86. The van der Waals surface area contributed by atoms with Gasteiger partial charge in [0.2, 0.25) is 11.8 Å². The summed E-state index contributed by atoms with van der Waals surface area (Å²) in [6.45, 7) is 3.62. The summed E-state index contributed by atoms with van der Waals surface area (Å²) in [5.74, 6) is -1.19. The zero-order chi connectivity index (χ0) is 14.0. The van der Waals surface area contributed by atoms with Crippen LogP contribution in [0.1, 0.15) is 32.6 Å². The Morgan fingerprint density at radius 1 is 1.42 bits per heavy atom. The van der Waals surface area contributed by atoms with E-state index in [4.69, 9.17) is 5.11 Å². The lowest BCUT2D eigenvalue weighted by Gasteiger charge is -2.26. The molecule has 2 rings (SSSR count). The number of carbonyl (C=O) groups is 3. The van der Waals surface area contributed by atoms with Gasteiger partial charge in [0.05, 0.1) is 12.3 Å². The number of aliphatic carboxylic acids is 1. The summed E-state index contributed by atoms with van der Waals surface area (Å²) in [7, 11) is 0. The van der Waals surface area contributed by atoms with Crippen LogP contribution in [-0.4, -0.2) is 58.4 Å². The van der Waals surface area contributed by atoms with E-state index in [0.29, 0.717) is 19.6 Å². The predicted octanol–water partition coefficient (Wildman–Crippen LogP) is 0.320. The van der Waals surface area contributed by atoms with Gasteiger partial charge in [-0.25, -0.2) is 0 Å². The molecule has 1 N–H and O–H groups in total. The second-order valence-electron chi connectivity index (χ2n) is 5.26. The van der Waals surface area contributed by atoms with Crippen LogP contribution >= 0.6 is 0 Å². The number of nitrogens with zero attached hydrogens (tertiary/aromatic N) is 2. The Morgan fingerprint density at radius 2 is 2.16 bits per heavy atom. The first kappa shape index (κ1) is 13.8. The summed E-state index contributed by atoms with van der Waals surface area (Å²) in [6.07, 6.45) is 1.87. The summed E-state index contributed by atoms with van der Waals surface area (Å²) >= 11 is 0. The van der Waals surface area contributed by atoms with Crippen molar-refractivity contribution in [2.45, 2.75) is 38.6 Å². The Morgan fingerprint density at radius 3 is 2.74 bits per heavy atom. The van der Waals surface area contributed by atoms with Gasteiger partial charge in [0.15, 0.2) is 0 Å². The van der Waals surface area contributed by atoms with E-state index in [9.17, 15) is 14.4 Å². The summed E-state index contributed by atoms with van der Waals surface area (Å²) in [5.41, 5.74) is 0. The van der Waals surface area contributed by atoms with Crippen molar-refractivity contribution in [2.75, 3.05) is 19.6 Å². The standard InChI is InChI=1S/C13H20N2O4/c1-2-14-8-9(6-11(14)16)13(19)15-5-3-4-10(15)7-12(17)18/h9-10H,2-8H2,1H3,(H,17,18). The first-order chi connectivity index (χ1) is 9.02. The molecule has 0 aromatic rings. The fraction of sp³-hybridized carbons (Fsp3) is 0.769. The van der Waals surface area contributed by atoms with Gasteiger partial charge in [-0.15, -0.1) is 0 Å². The number of hydrogen-bond donors (Lipinski definition) is 1. The second kappa shape index (κ2) is 5.59. The van der Waals surface area contributed by atoms with E-state index < -0.39 is 5.97 Å². The highest BCUT2D eigenvalue weighted by Gasteiger charge is 2.39. The predicted molar refractivity (Wildman–Crippen MR) is 67.3 cm³/mol. The maximum absolute atomic E-state index is 12.4. The molecule has 2 aliphatic rings. The van der Waals surface area contributed by atoms with Gasteiger partial charge in [0.25, 0.3) is 0 Å². The zero-order valence-corrected chi connectivity index (χ0v) is 11.2. The van der Waals surface area contributed by atoms with E-state index in [2.05, 4.69) is 0 Å². The van der Waals surface area contributed by atoms with Crippen molar-refractivity contribution >= 4 is 17.8 Å². The first-order valence-electron chi connectivity index (χ1n) is 6.83. The molecular formula is C13H20N2O4. The molecule has 6 heteroatoms. The molecular weight excluding hydrogens is 248 g/mol. The first-order valence-corrected chi connectivity index (χ1v) is 6.83. The fourth-order valence-electron chi connectivity index (χ4n) is 3.02. The van der Waals surface area contributed by atoms with Crippen LogP contribution in [-0.2, 0) is 14.4 Å². The van der Waals surface area contributed by atoms with Crippen molar-refractivity contribution in [3.05, 3.63) is 0 Å². The van der Waals surface area contributed by atoms with Gasteiger partial charge in [0.1, 0.15) is 0 Å². The molecule has 19 heavy (non-hydrogen) atoms. The van der Waals surface area contributed by atoms with E-state index in [1.165, 1.54) is 0 Å². The molecule has 106 valence electrons. The third-order valence-corrected chi connectivity index (χ3v) is 4.02. The van der Waals surface area contributed by atoms with Gasteiger partial charge in [0, 0.05) is 32.1 Å². The highest BCUT2D eigenvalue weighted by Crippen LogP contribution is 2.26. The molecule has 2 amide bonds. The van der Waals surface area contributed by atoms with E-state index in [0.717, 1.165) is 12.8 Å². The maximum Gasteiger partial charge on any atom is 0.305 e. The fourth-order valence-corrected chi connectivity index (χ4v) is 3.02. The molecule has 2 aliphatic heterocycles. The van der Waals surface area contributed by atoms with Crippen molar-refractivity contribution in [3.63, 3.8) is 0 Å². The van der Waals surface area contributed by atoms with Gasteiger partial charge in [-0.05, 0) is 19.8 Å². The molecule has 2 heterocycles. The topological polar surface area (TPSA) is 77.9 Å². The Bertz CT molecular complexity index is 396. The Labute approximate surface area is 112 Å². The van der Waals surface area contributed by atoms with Gasteiger partial charge >= 0.3 is 5.97 Å². The minimum atomic E-state index is -0.873. The molecule has 0 bridgehead atoms. The van der Waals surface area contributed by atoms with Gasteiger partial charge < -0.3 is 14.9 Å². The van der Waals surface area contributed by atoms with Crippen molar-refractivity contribution < 1.29 is 19.5 Å². The van der Waals surface area contributed by atoms with Crippen LogP contribution in [0.5, 0.6) is 0 Å². The number of amides is 2. The molecule has 2 saturated heterocycles. The summed E-state index contributed by atoms with van der Waals surface area (Å²) in [4.78, 5) is 38.2. The number of rotatable bonds is 4. The number of carboxylic acids is 1. The number of hydrogen-bond acceptors (Lipinski definition) is 3. The summed E-state index contributed by atoms with van der Waals surface area (Å²) in [6, 6.07) is -0.198. The Balaban J connectivity index is 1.99. The third-order valence-electron chi connectivity index (χ3n) is 4.02. The number of carboxylic acid groups (broad SMARTS) is 1. The van der Waals surface area contributed by atoms with Crippen LogP contribution < -0.4 is 0 Å². The van der Waals surface area contributed by atoms with Crippen LogP contribution in [0.15, 0.2) is 0 Å². The Kier molecular flexibility index (Phi) is 4.07. The minimum absolute atomic E-state index is 0.00387. The van der Waals surface area contributed by atoms with E-state index >= 15 is 0 Å². The highest BCUT2D eigenvalue weighted by atomic mass is 16.4. The van der Waals surface area contributed by atoms with Crippen molar-refractivity contribution in [3.8, 4) is 0 Å². The van der Waals surface area contributed by atoms with Crippen molar-refractivity contribution in [2.24, 2.45) is 5.92 Å². The molecule has 2 atom stereocenters. The number of likely N-dealkylation sites (tertiary alicyclic amines) is 2. The quantitative estimate of drug-likeness (QED) is 0.796. The molecule has 0 aromatic carbocycles. The number of carbonyl (C=O) groups excluding carboxylic acids is 2. The molecule has 6 nitrogen and oxygen atoms in total. The smallest absolute Gasteiger partial charge is 0.305 e. The molecule has 2 fully saturated rings. The van der Waals surface area contributed by atoms with Crippen LogP contribution in [0.4, 0.5) is 0 Å². The Hall–Kier alpha value is -1.59. The van der Waals surface area contributed by atoms with Crippen LogP contribution in [0.2, 0.25) is 0 Å². The second-order valence-corrected chi connectivity index (χ2v) is 5.26. The molecule has 0 spiro atoms. The van der Waals surface area contributed by atoms with Gasteiger partial charge in [-0.3, -0.25) is 14.4 Å². The molecule has 0 saturated carbocycles. The van der Waals surface area contributed by atoms with Crippen molar-refractivity contribution in [1.82, 2.24) is 9.80 Å². The van der Waals surface area contributed by atoms with E-state index in [-0.39, 0.29) is 36.6 Å². The molecule has 0 radical (unpaired) electrons. The lowest BCUT2D eigenvalue weighted by Crippen LogP contribution is -2.41. The molecule has 0 aliphatic carbocycles. The van der Waals surface area contributed by atoms with Gasteiger partial charge in [-0.2, -0.15) is 0 Å². The molecule has 2 unspecified atom stereocenters. The van der Waals surface area contributed by atoms with Crippen LogP contribution in [0.3, 0.4) is 0 Å². The lowest BCUT2D eigenvalue weighted by molar-refractivity contribution is -0.141. The van der Waals surface area contributed by atoms with Crippen LogP contribution in [0, 0.1) is 5.92 Å². The van der Waals surface area contributed by atoms with Gasteiger partial charge in [-0.1, -0.05) is 0 Å². The monoisotopic (exact) mass is 268 g/mol. The zero-order valence-electron chi connectivity index (χ0n) is 11.2. The van der Waals surface area contributed by atoms with E-state index in [1.54, 1.807) is 9.80 Å². The lowest BCUT2D eigenvalue weighted by atomic mass is 10.1. The maximum atomic E-state index is 12.4. The largest absolute Gasteiger partial charge is 0.481 e. The van der Waals surface area contributed by atoms with E-state index in [1.807, 2.05) is 6.92 Å². The van der Waals surface area contributed by atoms with Crippen molar-refractivity contribution in [1.29, 1.82) is 0 Å². The van der Waals surface area contributed by atoms with Crippen LogP contribution in [0.25, 0.3) is 0 Å². The highest BCUT2D eigenvalue weighted by molar-refractivity contribution is 5.89. The third kappa shape index (κ3) is 2.88. The SMILES string of the molecule is CCN1CC(C(=O)N2CCCC2CC(=O)O)CC1=O.